The van der Waals surface area contributed by atoms with Crippen LogP contribution < -0.4 is 5.32 Å². The highest BCUT2D eigenvalue weighted by Gasteiger charge is 2.36. The van der Waals surface area contributed by atoms with Crippen molar-refractivity contribution in [3.05, 3.63) is 0 Å². The van der Waals surface area contributed by atoms with E-state index in [9.17, 15) is 9.59 Å². The number of rotatable bonds is 9. The molecule has 0 radical (unpaired) electrons. The Kier molecular flexibility index (Phi) is 7.32. The summed E-state index contributed by atoms with van der Waals surface area (Å²) in [5, 5.41) is 11.7. The van der Waals surface area contributed by atoms with Crippen LogP contribution in [0.5, 0.6) is 0 Å². The lowest BCUT2D eigenvalue weighted by Gasteiger charge is -2.41. The maximum atomic E-state index is 11.7. The van der Waals surface area contributed by atoms with E-state index in [1.54, 1.807) is 18.9 Å². The highest BCUT2D eigenvalue weighted by molar-refractivity contribution is 5.76. The Hall–Kier alpha value is -1.34. The SMILES string of the molecule is COCCOCCCNC(=O)N1CC(C(C)C(=O)O)C1. The summed E-state index contributed by atoms with van der Waals surface area (Å²) < 4.78 is 10.1. The number of carboxylic acid groups (broad SMARTS) is 1. The molecule has 0 spiro atoms. The average molecular weight is 288 g/mol. The predicted octanol–water partition coefficient (Wildman–Crippen LogP) is 0.402. The quantitative estimate of drug-likeness (QED) is 0.600. The summed E-state index contributed by atoms with van der Waals surface area (Å²) in [6.45, 7) is 4.99. The van der Waals surface area contributed by atoms with Crippen LogP contribution in [0.3, 0.4) is 0 Å². The van der Waals surface area contributed by atoms with Gasteiger partial charge >= 0.3 is 12.0 Å². The van der Waals surface area contributed by atoms with Gasteiger partial charge in [0.25, 0.3) is 0 Å². The van der Waals surface area contributed by atoms with Crippen molar-refractivity contribution in [2.24, 2.45) is 11.8 Å². The number of likely N-dealkylation sites (tertiary alicyclic amines) is 1. The standard InChI is InChI=1S/C13H24N2O5/c1-10(12(16)17)11-8-15(9-11)13(18)14-4-3-5-20-7-6-19-2/h10-11H,3-9H2,1-2H3,(H,14,18)(H,16,17). The molecule has 1 saturated heterocycles. The van der Waals surface area contributed by atoms with E-state index in [0.29, 0.717) is 39.5 Å². The van der Waals surface area contributed by atoms with Crippen LogP contribution >= 0.6 is 0 Å². The summed E-state index contributed by atoms with van der Waals surface area (Å²) in [6, 6.07) is -0.129. The maximum absolute atomic E-state index is 11.7. The molecular weight excluding hydrogens is 264 g/mol. The van der Waals surface area contributed by atoms with Crippen LogP contribution in [0.25, 0.3) is 0 Å². The monoisotopic (exact) mass is 288 g/mol. The third-order valence-corrected chi connectivity index (χ3v) is 3.47. The lowest BCUT2D eigenvalue weighted by Crippen LogP contribution is -2.56. The van der Waals surface area contributed by atoms with E-state index >= 15 is 0 Å². The normalized spacial score (nSPS) is 16.6. The second-order valence-electron chi connectivity index (χ2n) is 4.98. The van der Waals surface area contributed by atoms with E-state index in [-0.39, 0.29) is 11.9 Å². The second-order valence-corrected chi connectivity index (χ2v) is 4.98. The van der Waals surface area contributed by atoms with Gasteiger partial charge in [0.2, 0.25) is 0 Å². The zero-order chi connectivity index (χ0) is 15.0. The summed E-state index contributed by atoms with van der Waals surface area (Å²) in [5.74, 6) is -1.13. The maximum Gasteiger partial charge on any atom is 0.317 e. The topological polar surface area (TPSA) is 88.1 Å². The Morgan fingerprint density at radius 1 is 1.35 bits per heavy atom. The van der Waals surface area contributed by atoms with Gasteiger partial charge < -0.3 is 24.8 Å². The fraction of sp³-hybridized carbons (Fsp3) is 0.846. The first-order chi connectivity index (χ1) is 9.56. The predicted molar refractivity (Wildman–Crippen MR) is 72.6 cm³/mol. The number of methoxy groups -OCH3 is 1. The summed E-state index contributed by atoms with van der Waals surface area (Å²) in [6.07, 6.45) is 0.748. The number of ether oxygens (including phenoxy) is 2. The van der Waals surface area contributed by atoms with E-state index < -0.39 is 11.9 Å². The number of aliphatic carboxylic acids is 1. The first kappa shape index (κ1) is 16.7. The Balaban J connectivity index is 2.01. The molecule has 116 valence electrons. The van der Waals surface area contributed by atoms with Crippen LogP contribution in [0.1, 0.15) is 13.3 Å². The zero-order valence-electron chi connectivity index (χ0n) is 12.1. The van der Waals surface area contributed by atoms with Gasteiger partial charge in [0, 0.05) is 39.3 Å². The smallest absolute Gasteiger partial charge is 0.317 e. The van der Waals surface area contributed by atoms with E-state index in [4.69, 9.17) is 14.6 Å². The number of amides is 2. The number of carboxylic acids is 1. The van der Waals surface area contributed by atoms with Crippen molar-refractivity contribution in [2.45, 2.75) is 13.3 Å². The van der Waals surface area contributed by atoms with Gasteiger partial charge in [0.15, 0.2) is 0 Å². The minimum Gasteiger partial charge on any atom is -0.481 e. The molecule has 0 aromatic heterocycles. The molecule has 0 aliphatic carbocycles. The highest BCUT2D eigenvalue weighted by atomic mass is 16.5. The lowest BCUT2D eigenvalue weighted by molar-refractivity contribution is -0.144. The molecule has 1 aliphatic rings. The van der Waals surface area contributed by atoms with Crippen LogP contribution in [-0.4, -0.2) is 68.6 Å². The molecule has 1 rings (SSSR count). The van der Waals surface area contributed by atoms with Crippen LogP contribution in [0, 0.1) is 11.8 Å². The molecule has 1 aliphatic heterocycles. The molecule has 1 atom stereocenters. The Morgan fingerprint density at radius 3 is 2.65 bits per heavy atom. The number of carbonyl (C=O) groups excluding carboxylic acids is 1. The molecule has 0 bridgehead atoms. The van der Waals surface area contributed by atoms with Crippen molar-refractivity contribution in [2.75, 3.05) is 46.6 Å². The molecule has 0 saturated carbocycles. The van der Waals surface area contributed by atoms with Crippen molar-refractivity contribution >= 4 is 12.0 Å². The van der Waals surface area contributed by atoms with Gasteiger partial charge in [0.05, 0.1) is 19.1 Å². The van der Waals surface area contributed by atoms with E-state index in [1.807, 2.05) is 0 Å². The van der Waals surface area contributed by atoms with Crippen LogP contribution in [0.4, 0.5) is 4.79 Å². The van der Waals surface area contributed by atoms with Crippen molar-refractivity contribution in [1.29, 1.82) is 0 Å². The van der Waals surface area contributed by atoms with Crippen molar-refractivity contribution < 1.29 is 24.2 Å². The summed E-state index contributed by atoms with van der Waals surface area (Å²) >= 11 is 0. The molecule has 1 fully saturated rings. The lowest BCUT2D eigenvalue weighted by atomic mass is 9.87. The molecule has 0 aromatic carbocycles. The number of nitrogens with one attached hydrogen (secondary N) is 1. The highest BCUT2D eigenvalue weighted by Crippen LogP contribution is 2.23. The average Bonchev–Trinajstić information content (AvgIpc) is 2.35. The summed E-state index contributed by atoms with van der Waals surface area (Å²) in [4.78, 5) is 24.1. The Labute approximate surface area is 119 Å². The Morgan fingerprint density at radius 2 is 2.05 bits per heavy atom. The summed E-state index contributed by atoms with van der Waals surface area (Å²) in [7, 11) is 1.62. The molecule has 2 amide bonds. The van der Waals surface area contributed by atoms with Crippen LogP contribution in [0.2, 0.25) is 0 Å². The van der Waals surface area contributed by atoms with Gasteiger partial charge in [-0.2, -0.15) is 0 Å². The first-order valence-corrected chi connectivity index (χ1v) is 6.88. The van der Waals surface area contributed by atoms with E-state index in [1.165, 1.54) is 0 Å². The van der Waals surface area contributed by atoms with Gasteiger partial charge in [-0.05, 0) is 6.42 Å². The van der Waals surface area contributed by atoms with Crippen molar-refractivity contribution in [3.8, 4) is 0 Å². The molecule has 2 N–H and O–H groups in total. The molecule has 0 aromatic rings. The number of carbonyl (C=O) groups is 2. The second kappa shape index (κ2) is 8.76. The minimum atomic E-state index is -0.803. The van der Waals surface area contributed by atoms with Gasteiger partial charge in [0.1, 0.15) is 0 Å². The fourth-order valence-electron chi connectivity index (χ4n) is 1.92. The largest absolute Gasteiger partial charge is 0.481 e. The van der Waals surface area contributed by atoms with E-state index in [2.05, 4.69) is 5.32 Å². The van der Waals surface area contributed by atoms with Gasteiger partial charge in [-0.15, -0.1) is 0 Å². The van der Waals surface area contributed by atoms with Gasteiger partial charge in [-0.25, -0.2) is 4.79 Å². The number of hydrogen-bond acceptors (Lipinski definition) is 4. The third-order valence-electron chi connectivity index (χ3n) is 3.47. The van der Waals surface area contributed by atoms with Crippen LogP contribution in [0.15, 0.2) is 0 Å². The first-order valence-electron chi connectivity index (χ1n) is 6.88. The van der Waals surface area contributed by atoms with Crippen molar-refractivity contribution in [3.63, 3.8) is 0 Å². The van der Waals surface area contributed by atoms with Crippen molar-refractivity contribution in [1.82, 2.24) is 10.2 Å². The van der Waals surface area contributed by atoms with Gasteiger partial charge in [-0.1, -0.05) is 6.92 Å². The number of urea groups is 1. The zero-order valence-corrected chi connectivity index (χ0v) is 12.1. The molecule has 1 heterocycles. The van der Waals surface area contributed by atoms with Gasteiger partial charge in [-0.3, -0.25) is 4.79 Å². The fourth-order valence-corrected chi connectivity index (χ4v) is 1.92. The minimum absolute atomic E-state index is 0.0654. The molecule has 20 heavy (non-hydrogen) atoms. The molecule has 7 nitrogen and oxygen atoms in total. The van der Waals surface area contributed by atoms with E-state index in [0.717, 1.165) is 6.42 Å². The Bertz CT molecular complexity index is 318. The number of hydrogen-bond donors (Lipinski definition) is 2. The summed E-state index contributed by atoms with van der Waals surface area (Å²) in [5.41, 5.74) is 0. The number of nitrogens with zero attached hydrogens (tertiary/aromatic N) is 1. The third kappa shape index (κ3) is 5.34. The molecule has 7 heteroatoms. The molecular formula is C13H24N2O5. The van der Waals surface area contributed by atoms with Crippen LogP contribution in [-0.2, 0) is 14.3 Å². The molecule has 1 unspecified atom stereocenters.